The minimum absolute atomic E-state index is 0.00621. The van der Waals surface area contributed by atoms with Crippen molar-refractivity contribution in [2.24, 2.45) is 0 Å². The van der Waals surface area contributed by atoms with Crippen LogP contribution >= 0.6 is 0 Å². The fourth-order valence-corrected chi connectivity index (χ4v) is 5.66. The number of nitrogens with zero attached hydrogens (tertiary/aromatic N) is 4. The first-order chi connectivity index (χ1) is 22.7. The molecule has 0 unspecified atom stereocenters. The van der Waals surface area contributed by atoms with Crippen LogP contribution in [-0.4, -0.2) is 57.4 Å². The van der Waals surface area contributed by atoms with E-state index in [-0.39, 0.29) is 36.8 Å². The maximum absolute atomic E-state index is 13.2. The quantitative estimate of drug-likeness (QED) is 0.162. The molecule has 11 nitrogen and oxygen atoms in total. The zero-order valence-corrected chi connectivity index (χ0v) is 26.9. The molecule has 5 rings (SSSR count). The van der Waals surface area contributed by atoms with Crippen molar-refractivity contribution in [1.29, 1.82) is 0 Å². The summed E-state index contributed by atoms with van der Waals surface area (Å²) in [5.74, 6) is -0.951. The third kappa shape index (κ3) is 8.60. The van der Waals surface area contributed by atoms with E-state index in [0.29, 0.717) is 54.9 Å². The number of carbonyl (C=O) groups is 3. The largest absolute Gasteiger partial charge is 0.573 e. The second kappa shape index (κ2) is 13.9. The molecule has 1 aliphatic rings. The minimum Gasteiger partial charge on any atom is -0.460 e. The van der Waals surface area contributed by atoms with Crippen LogP contribution in [0.4, 0.5) is 24.7 Å². The van der Waals surface area contributed by atoms with Gasteiger partial charge in [0.25, 0.3) is 0 Å². The van der Waals surface area contributed by atoms with E-state index in [9.17, 15) is 27.6 Å². The number of nitrogen functional groups attached to an aromatic ring is 1. The van der Waals surface area contributed by atoms with Crippen LogP contribution in [0.25, 0.3) is 22.2 Å². The molecule has 2 aromatic heterocycles. The molecule has 4 aromatic rings. The number of fused-ring (bicyclic) bond motifs is 2. The average molecular weight is 667 g/mol. The number of aromatic nitrogens is 3. The molecule has 48 heavy (non-hydrogen) atoms. The van der Waals surface area contributed by atoms with Crippen LogP contribution in [0.3, 0.4) is 0 Å². The summed E-state index contributed by atoms with van der Waals surface area (Å²) in [5.41, 5.74) is 10.1. The van der Waals surface area contributed by atoms with Gasteiger partial charge in [0.15, 0.2) is 0 Å². The molecule has 0 atom stereocenters. The van der Waals surface area contributed by atoms with Gasteiger partial charge in [-0.3, -0.25) is 14.4 Å². The van der Waals surface area contributed by atoms with Crippen molar-refractivity contribution < 1.29 is 37.0 Å². The monoisotopic (exact) mass is 666 g/mol. The highest BCUT2D eigenvalue weighted by Crippen LogP contribution is 2.37. The molecule has 0 bridgehead atoms. The lowest BCUT2D eigenvalue weighted by molar-refractivity contribution is -0.274. The number of nitrogens with one attached hydrogen (secondary N) is 1. The first-order valence-electron chi connectivity index (χ1n) is 15.5. The molecule has 0 spiro atoms. The Bertz CT molecular complexity index is 1830. The summed E-state index contributed by atoms with van der Waals surface area (Å²) in [6, 6.07) is 11.2. The second-order valence-corrected chi connectivity index (χ2v) is 12.5. The molecule has 254 valence electrons. The molecule has 3 heterocycles. The lowest BCUT2D eigenvalue weighted by Crippen LogP contribution is -2.30. The number of amides is 2. The zero-order chi connectivity index (χ0) is 34.6. The predicted octanol–water partition coefficient (Wildman–Crippen LogP) is 5.34. The number of anilines is 2. The van der Waals surface area contributed by atoms with Crippen molar-refractivity contribution in [1.82, 2.24) is 19.9 Å². The zero-order valence-electron chi connectivity index (χ0n) is 26.9. The van der Waals surface area contributed by atoms with Crippen LogP contribution < -0.4 is 20.7 Å². The Balaban J connectivity index is 1.24. The van der Waals surface area contributed by atoms with Gasteiger partial charge in [-0.1, -0.05) is 18.2 Å². The number of benzene rings is 2. The molecule has 2 amide bonds. The summed E-state index contributed by atoms with van der Waals surface area (Å²) in [4.78, 5) is 47.6. The first kappa shape index (κ1) is 34.2. The molecule has 0 saturated heterocycles. The van der Waals surface area contributed by atoms with E-state index in [1.807, 2.05) is 29.0 Å². The Morgan fingerprint density at radius 3 is 2.58 bits per heavy atom. The van der Waals surface area contributed by atoms with Crippen LogP contribution in [0.1, 0.15) is 51.2 Å². The third-order valence-corrected chi connectivity index (χ3v) is 7.63. The lowest BCUT2D eigenvalue weighted by atomic mass is 10.0. The van der Waals surface area contributed by atoms with Crippen molar-refractivity contribution in [3.63, 3.8) is 0 Å². The Morgan fingerprint density at radius 2 is 1.83 bits per heavy atom. The predicted molar refractivity (Wildman–Crippen MR) is 173 cm³/mol. The molecule has 2 aromatic carbocycles. The van der Waals surface area contributed by atoms with Gasteiger partial charge in [-0.05, 0) is 74.6 Å². The van der Waals surface area contributed by atoms with Crippen LogP contribution in [0.5, 0.6) is 5.75 Å². The molecule has 0 fully saturated rings. The number of halogens is 3. The van der Waals surface area contributed by atoms with Gasteiger partial charge in [0.05, 0.1) is 18.2 Å². The highest BCUT2D eigenvalue weighted by Gasteiger charge is 2.31. The van der Waals surface area contributed by atoms with Crippen molar-refractivity contribution in [2.75, 3.05) is 23.7 Å². The SMILES string of the molecule is CC(C)(C)OC(=O)CCC(=O)NCCCn1cc(-c2ccc3c(c2)CCN3C(=O)Cc2cccc(OC(F)(F)F)c2)c2c(N)ncnc21. The Morgan fingerprint density at radius 1 is 1.04 bits per heavy atom. The van der Waals surface area contributed by atoms with E-state index >= 15 is 0 Å². The molecular formula is C34H37F3N6O5. The van der Waals surface area contributed by atoms with E-state index in [2.05, 4.69) is 20.0 Å². The summed E-state index contributed by atoms with van der Waals surface area (Å²) in [6.07, 6.45) is -0.319. The Kier molecular flexibility index (Phi) is 9.92. The van der Waals surface area contributed by atoms with Gasteiger partial charge in [-0.25, -0.2) is 9.97 Å². The highest BCUT2D eigenvalue weighted by molar-refractivity contribution is 6.02. The van der Waals surface area contributed by atoms with Crippen LogP contribution in [0, 0.1) is 0 Å². The maximum Gasteiger partial charge on any atom is 0.573 e. The van der Waals surface area contributed by atoms with Gasteiger partial charge < -0.3 is 30.0 Å². The summed E-state index contributed by atoms with van der Waals surface area (Å²) >= 11 is 0. The van der Waals surface area contributed by atoms with E-state index < -0.39 is 17.9 Å². The van der Waals surface area contributed by atoms with E-state index in [1.165, 1.54) is 24.5 Å². The first-order valence-corrected chi connectivity index (χ1v) is 15.5. The number of hydrogen-bond acceptors (Lipinski definition) is 8. The van der Waals surface area contributed by atoms with Crippen molar-refractivity contribution in [3.05, 3.63) is 66.1 Å². The Labute approximate surface area is 275 Å². The second-order valence-electron chi connectivity index (χ2n) is 12.5. The number of ether oxygens (including phenoxy) is 2. The number of alkyl halides is 3. The average Bonchev–Trinajstić information content (AvgIpc) is 3.59. The standard InChI is InChI=1S/C34H37F3N6O5/c1-33(2,3)48-29(46)11-10-27(44)39-13-5-14-42-19-25(30-31(38)40-20-41-32(30)42)22-8-9-26-23(18-22)12-15-43(26)28(45)17-21-6-4-7-24(16-21)47-34(35,36)37/h4,6-9,16,18-20H,5,10-15,17H2,1-3H3,(H,39,44)(H2,38,40,41). The molecule has 0 aliphatic carbocycles. The topological polar surface area (TPSA) is 142 Å². The van der Waals surface area contributed by atoms with Gasteiger partial charge in [-0.15, -0.1) is 13.2 Å². The van der Waals surface area contributed by atoms with E-state index in [4.69, 9.17) is 10.5 Å². The van der Waals surface area contributed by atoms with Gasteiger partial charge >= 0.3 is 12.3 Å². The molecule has 0 radical (unpaired) electrons. The summed E-state index contributed by atoms with van der Waals surface area (Å²) in [5, 5.41) is 3.52. The van der Waals surface area contributed by atoms with Gasteiger partial charge in [0, 0.05) is 43.5 Å². The number of aryl methyl sites for hydroxylation is 1. The molecule has 0 saturated carbocycles. The van der Waals surface area contributed by atoms with E-state index in [1.54, 1.807) is 31.7 Å². The number of hydrogen-bond donors (Lipinski definition) is 2. The van der Waals surface area contributed by atoms with Gasteiger partial charge in [-0.2, -0.15) is 0 Å². The van der Waals surface area contributed by atoms with Gasteiger partial charge in [0.2, 0.25) is 11.8 Å². The molecule has 1 aliphatic heterocycles. The smallest absolute Gasteiger partial charge is 0.460 e. The van der Waals surface area contributed by atoms with Crippen LogP contribution in [0.15, 0.2) is 55.0 Å². The van der Waals surface area contributed by atoms with Crippen molar-refractivity contribution in [2.45, 2.75) is 71.4 Å². The Hall–Kier alpha value is -5.14. The molecule has 14 heteroatoms. The lowest BCUT2D eigenvalue weighted by Gasteiger charge is -2.19. The van der Waals surface area contributed by atoms with E-state index in [0.717, 1.165) is 22.4 Å². The number of nitrogens with two attached hydrogens (primary N) is 1. The van der Waals surface area contributed by atoms with Crippen molar-refractivity contribution >= 4 is 40.3 Å². The van der Waals surface area contributed by atoms with Crippen molar-refractivity contribution in [3.8, 4) is 16.9 Å². The number of rotatable bonds is 11. The summed E-state index contributed by atoms with van der Waals surface area (Å²) in [7, 11) is 0. The normalized spacial score (nSPS) is 13.0. The fraction of sp³-hybridized carbons (Fsp3) is 0.382. The minimum atomic E-state index is -4.82. The van der Waals surface area contributed by atoms with Crippen LogP contribution in [-0.2, 0) is 38.5 Å². The number of esters is 1. The molecule has 3 N–H and O–H groups in total. The third-order valence-electron chi connectivity index (χ3n) is 7.63. The number of carbonyl (C=O) groups excluding carboxylic acids is 3. The fourth-order valence-electron chi connectivity index (χ4n) is 5.66. The molecular weight excluding hydrogens is 629 g/mol. The summed E-state index contributed by atoms with van der Waals surface area (Å²) in [6.45, 7) is 6.68. The maximum atomic E-state index is 13.2. The highest BCUT2D eigenvalue weighted by atomic mass is 19.4. The van der Waals surface area contributed by atoms with Crippen LogP contribution in [0.2, 0.25) is 0 Å². The van der Waals surface area contributed by atoms with Gasteiger partial charge in [0.1, 0.15) is 29.1 Å². The summed E-state index contributed by atoms with van der Waals surface area (Å²) < 4.78 is 49.1.